The van der Waals surface area contributed by atoms with Gasteiger partial charge < -0.3 is 26.2 Å². The lowest BCUT2D eigenvalue weighted by Gasteiger charge is -2.39. The van der Waals surface area contributed by atoms with Gasteiger partial charge >= 0.3 is 0 Å². The fourth-order valence-corrected chi connectivity index (χ4v) is 4.09. The van der Waals surface area contributed by atoms with Crippen molar-refractivity contribution in [3.05, 3.63) is 42.0 Å². The SMILES string of the molecule is CCn1cc(Nc2nc(N3CCC[C@@H](NC(=O)c4ccc(N(C)C)nc4)[C@H]3C)nnc2C(N)=O)cn1. The molecule has 4 heterocycles. The van der Waals surface area contributed by atoms with Crippen LogP contribution in [0.4, 0.5) is 23.3 Å². The highest BCUT2D eigenvalue weighted by Crippen LogP contribution is 2.25. The molecule has 4 rings (SSSR count). The number of carbonyl (C=O) groups is 2. The largest absolute Gasteiger partial charge is 0.364 e. The Morgan fingerprint density at radius 2 is 2.03 bits per heavy atom. The summed E-state index contributed by atoms with van der Waals surface area (Å²) in [5.74, 6) is 0.393. The zero-order valence-electron chi connectivity index (χ0n) is 20.8. The number of aryl methyl sites for hydroxylation is 1. The number of anilines is 4. The van der Waals surface area contributed by atoms with Gasteiger partial charge in [-0.2, -0.15) is 10.1 Å². The first-order valence-corrected chi connectivity index (χ1v) is 11.8. The van der Waals surface area contributed by atoms with E-state index in [9.17, 15) is 9.59 Å². The summed E-state index contributed by atoms with van der Waals surface area (Å²) < 4.78 is 1.74. The van der Waals surface area contributed by atoms with Crippen LogP contribution in [0.2, 0.25) is 0 Å². The van der Waals surface area contributed by atoms with Crippen LogP contribution in [0.5, 0.6) is 0 Å². The van der Waals surface area contributed by atoms with Crippen LogP contribution in [0.25, 0.3) is 0 Å². The zero-order chi connectivity index (χ0) is 25.8. The van der Waals surface area contributed by atoms with E-state index in [1.807, 2.05) is 43.8 Å². The lowest BCUT2D eigenvalue weighted by molar-refractivity contribution is 0.0922. The zero-order valence-corrected chi connectivity index (χ0v) is 20.8. The minimum atomic E-state index is -0.738. The molecule has 1 aliphatic rings. The van der Waals surface area contributed by atoms with Crippen molar-refractivity contribution in [3.63, 3.8) is 0 Å². The molecule has 36 heavy (non-hydrogen) atoms. The maximum Gasteiger partial charge on any atom is 0.273 e. The fourth-order valence-electron chi connectivity index (χ4n) is 4.09. The van der Waals surface area contributed by atoms with E-state index >= 15 is 0 Å². The first-order valence-electron chi connectivity index (χ1n) is 11.8. The topological polar surface area (TPSA) is 160 Å². The maximum absolute atomic E-state index is 12.9. The Balaban J connectivity index is 1.52. The van der Waals surface area contributed by atoms with Crippen molar-refractivity contribution in [3.8, 4) is 0 Å². The smallest absolute Gasteiger partial charge is 0.273 e. The first-order chi connectivity index (χ1) is 17.3. The van der Waals surface area contributed by atoms with Crippen LogP contribution in [-0.4, -0.2) is 74.5 Å². The van der Waals surface area contributed by atoms with Gasteiger partial charge in [-0.1, -0.05) is 0 Å². The van der Waals surface area contributed by atoms with E-state index in [0.717, 1.165) is 18.7 Å². The Hall–Kier alpha value is -4.29. The summed E-state index contributed by atoms with van der Waals surface area (Å²) in [6.45, 7) is 5.35. The predicted octanol–water partition coefficient (Wildman–Crippen LogP) is 1.18. The molecule has 2 atom stereocenters. The maximum atomic E-state index is 12.9. The minimum Gasteiger partial charge on any atom is -0.364 e. The van der Waals surface area contributed by atoms with Crippen molar-refractivity contribution in [2.24, 2.45) is 5.73 Å². The highest BCUT2D eigenvalue weighted by atomic mass is 16.2. The van der Waals surface area contributed by atoms with Crippen LogP contribution in [-0.2, 0) is 6.54 Å². The highest BCUT2D eigenvalue weighted by molar-refractivity contribution is 5.96. The number of pyridine rings is 1. The van der Waals surface area contributed by atoms with E-state index in [1.165, 1.54) is 0 Å². The number of nitrogens with one attached hydrogen (secondary N) is 2. The van der Waals surface area contributed by atoms with Crippen LogP contribution in [0.1, 0.15) is 47.5 Å². The number of piperidine rings is 1. The molecule has 190 valence electrons. The molecule has 3 aromatic rings. The average Bonchev–Trinajstić information content (AvgIpc) is 3.32. The molecule has 0 unspecified atom stereocenters. The van der Waals surface area contributed by atoms with Crippen LogP contribution < -0.4 is 26.2 Å². The molecular formula is C23H31N11O2. The Labute approximate surface area is 209 Å². The third-order valence-electron chi connectivity index (χ3n) is 6.16. The number of nitrogens with zero attached hydrogens (tertiary/aromatic N) is 8. The van der Waals surface area contributed by atoms with E-state index in [4.69, 9.17) is 5.73 Å². The fraction of sp³-hybridized carbons (Fsp3) is 0.435. The standard InChI is InChI=1S/C23H31N11O2/c1-5-33-13-16(12-26-33)27-21-19(20(24)35)30-31-23(29-21)34-10-6-7-17(14(34)2)28-22(36)15-8-9-18(25-11-15)32(3)4/h8-9,11-14,17H,5-7,10H2,1-4H3,(H2,24,35)(H,28,36)(H,27,29,31)/t14-,17-/m1/s1. The summed E-state index contributed by atoms with van der Waals surface area (Å²) in [6.07, 6.45) is 6.62. The number of hydrogen-bond acceptors (Lipinski definition) is 10. The Morgan fingerprint density at radius 3 is 2.67 bits per heavy atom. The number of hydrogen-bond donors (Lipinski definition) is 3. The van der Waals surface area contributed by atoms with Gasteiger partial charge in [0.05, 0.1) is 17.4 Å². The van der Waals surface area contributed by atoms with Crippen molar-refractivity contribution in [2.45, 2.75) is 45.3 Å². The van der Waals surface area contributed by atoms with Gasteiger partial charge in [-0.25, -0.2) is 4.98 Å². The molecule has 0 saturated carbocycles. The van der Waals surface area contributed by atoms with Gasteiger partial charge in [0.25, 0.3) is 11.8 Å². The summed E-state index contributed by atoms with van der Waals surface area (Å²) in [6, 6.07) is 3.31. The average molecular weight is 494 g/mol. The second-order valence-corrected chi connectivity index (χ2v) is 8.84. The lowest BCUT2D eigenvalue weighted by atomic mass is 9.97. The molecule has 1 saturated heterocycles. The van der Waals surface area contributed by atoms with Crippen LogP contribution in [0.3, 0.4) is 0 Å². The predicted molar refractivity (Wildman–Crippen MR) is 135 cm³/mol. The van der Waals surface area contributed by atoms with Gasteiger partial charge in [0.2, 0.25) is 5.95 Å². The van der Waals surface area contributed by atoms with Crippen molar-refractivity contribution in [1.82, 2.24) is 35.3 Å². The molecule has 0 aromatic carbocycles. The number of carbonyl (C=O) groups excluding carboxylic acids is 2. The summed E-state index contributed by atoms with van der Waals surface area (Å²) in [5, 5.41) is 18.6. The molecule has 3 aromatic heterocycles. The molecular weight excluding hydrogens is 462 g/mol. The molecule has 0 bridgehead atoms. The molecule has 1 fully saturated rings. The molecule has 1 aliphatic heterocycles. The van der Waals surface area contributed by atoms with Crippen LogP contribution >= 0.6 is 0 Å². The van der Waals surface area contributed by atoms with Gasteiger partial charge in [0.15, 0.2) is 11.5 Å². The molecule has 0 radical (unpaired) electrons. The van der Waals surface area contributed by atoms with E-state index in [1.54, 1.807) is 29.3 Å². The molecule has 0 spiro atoms. The summed E-state index contributed by atoms with van der Waals surface area (Å²) in [7, 11) is 3.79. The second kappa shape index (κ2) is 10.5. The van der Waals surface area contributed by atoms with Crippen molar-refractivity contribution in [1.29, 1.82) is 0 Å². The quantitative estimate of drug-likeness (QED) is 0.416. The highest BCUT2D eigenvalue weighted by Gasteiger charge is 2.32. The molecule has 13 nitrogen and oxygen atoms in total. The van der Waals surface area contributed by atoms with Crippen molar-refractivity contribution < 1.29 is 9.59 Å². The van der Waals surface area contributed by atoms with Gasteiger partial charge in [-0.3, -0.25) is 14.3 Å². The van der Waals surface area contributed by atoms with Gasteiger partial charge in [-0.15, -0.1) is 10.2 Å². The third kappa shape index (κ3) is 5.34. The molecule has 2 amide bonds. The number of amides is 2. The van der Waals surface area contributed by atoms with E-state index in [-0.39, 0.29) is 29.5 Å². The van der Waals surface area contributed by atoms with E-state index in [0.29, 0.717) is 30.3 Å². The number of nitrogens with two attached hydrogens (primary N) is 1. The summed E-state index contributed by atoms with van der Waals surface area (Å²) in [4.78, 5) is 37.6. The van der Waals surface area contributed by atoms with E-state index in [2.05, 4.69) is 35.9 Å². The Bertz CT molecular complexity index is 1230. The summed E-state index contributed by atoms with van der Waals surface area (Å²) >= 11 is 0. The van der Waals surface area contributed by atoms with Gasteiger partial charge in [-0.05, 0) is 38.8 Å². The van der Waals surface area contributed by atoms with Gasteiger partial charge in [0, 0.05) is 51.7 Å². The van der Waals surface area contributed by atoms with Crippen molar-refractivity contribution >= 4 is 35.1 Å². The lowest BCUT2D eigenvalue weighted by Crippen LogP contribution is -2.54. The number of primary amides is 1. The van der Waals surface area contributed by atoms with Crippen LogP contribution in [0, 0.1) is 0 Å². The normalized spacial score (nSPS) is 17.5. The van der Waals surface area contributed by atoms with Crippen LogP contribution in [0.15, 0.2) is 30.7 Å². The Morgan fingerprint density at radius 1 is 1.22 bits per heavy atom. The van der Waals surface area contributed by atoms with Gasteiger partial charge in [0.1, 0.15) is 5.82 Å². The summed E-state index contributed by atoms with van der Waals surface area (Å²) in [5.41, 5.74) is 6.58. The first kappa shape index (κ1) is 24.8. The van der Waals surface area contributed by atoms with Crippen molar-refractivity contribution in [2.75, 3.05) is 35.8 Å². The number of rotatable bonds is 8. The Kier molecular flexibility index (Phi) is 7.27. The monoisotopic (exact) mass is 493 g/mol. The second-order valence-electron chi connectivity index (χ2n) is 8.84. The molecule has 13 heteroatoms. The minimum absolute atomic E-state index is 0.0637. The van der Waals surface area contributed by atoms with E-state index < -0.39 is 5.91 Å². The number of aromatic nitrogens is 6. The molecule has 0 aliphatic carbocycles. The third-order valence-corrected chi connectivity index (χ3v) is 6.16. The molecule has 4 N–H and O–H groups in total.